The van der Waals surface area contributed by atoms with Crippen LogP contribution in [0.4, 0.5) is 28.8 Å². The highest BCUT2D eigenvalue weighted by Crippen LogP contribution is 2.32. The summed E-state index contributed by atoms with van der Waals surface area (Å²) in [4.78, 5) is 41.6. The number of carboxylic acids is 2. The van der Waals surface area contributed by atoms with Crippen LogP contribution in [0.2, 0.25) is 10.0 Å². The van der Waals surface area contributed by atoms with Crippen LogP contribution in [0.25, 0.3) is 0 Å². The van der Waals surface area contributed by atoms with Crippen molar-refractivity contribution in [2.45, 2.75) is 6.92 Å². The summed E-state index contributed by atoms with van der Waals surface area (Å²) < 4.78 is 0. The summed E-state index contributed by atoms with van der Waals surface area (Å²) >= 11 is 11.7. The molecular formula is C19H13Cl2N5O6. The molecule has 0 amide bonds. The van der Waals surface area contributed by atoms with E-state index in [1.54, 1.807) is 0 Å². The van der Waals surface area contributed by atoms with Crippen LogP contribution in [-0.2, 0) is 0 Å². The Kier molecular flexibility index (Phi) is 6.42. The number of rotatable bonds is 7. The third kappa shape index (κ3) is 4.85. The monoisotopic (exact) mass is 477 g/mol. The van der Waals surface area contributed by atoms with Crippen LogP contribution < -0.4 is 10.6 Å². The summed E-state index contributed by atoms with van der Waals surface area (Å²) in [6.07, 6.45) is 0. The van der Waals surface area contributed by atoms with E-state index in [9.17, 15) is 29.9 Å². The van der Waals surface area contributed by atoms with E-state index in [0.717, 1.165) is 0 Å². The molecule has 1 heterocycles. The summed E-state index contributed by atoms with van der Waals surface area (Å²) in [5.74, 6) is -2.79. The van der Waals surface area contributed by atoms with Gasteiger partial charge in [-0.15, -0.1) is 0 Å². The standard InChI is InChI=1S/C19H13Cl2N5O6/c1-8-15(26(31)32)16(23-9-2-4-13(20)11(6-9)17(27)28)25-19(22-8)24-10-3-5-14(21)12(7-10)18(29)30/h2-7H,1H3,(H,27,28)(H,29,30)(H2,22,23,24,25). The number of nitrogens with one attached hydrogen (secondary N) is 2. The van der Waals surface area contributed by atoms with Gasteiger partial charge in [0.25, 0.3) is 0 Å². The lowest BCUT2D eigenvalue weighted by molar-refractivity contribution is -0.385. The molecule has 0 aliphatic heterocycles. The van der Waals surface area contributed by atoms with Crippen LogP contribution in [0.5, 0.6) is 0 Å². The second-order valence-electron chi connectivity index (χ2n) is 6.34. The highest BCUT2D eigenvalue weighted by Gasteiger charge is 2.23. The molecule has 0 atom stereocenters. The molecule has 0 spiro atoms. The third-order valence-corrected chi connectivity index (χ3v) is 4.81. The zero-order valence-electron chi connectivity index (χ0n) is 16.1. The Balaban J connectivity index is 2.02. The molecule has 164 valence electrons. The van der Waals surface area contributed by atoms with Gasteiger partial charge in [0.15, 0.2) is 0 Å². The van der Waals surface area contributed by atoms with E-state index in [2.05, 4.69) is 20.6 Å². The molecule has 0 saturated carbocycles. The molecule has 3 aromatic rings. The largest absolute Gasteiger partial charge is 0.478 e. The second kappa shape index (κ2) is 9.04. The van der Waals surface area contributed by atoms with E-state index in [4.69, 9.17) is 23.2 Å². The lowest BCUT2D eigenvalue weighted by atomic mass is 10.2. The quantitative estimate of drug-likeness (QED) is 0.271. The third-order valence-electron chi connectivity index (χ3n) is 4.15. The van der Waals surface area contributed by atoms with Gasteiger partial charge in [-0.3, -0.25) is 10.1 Å². The van der Waals surface area contributed by atoms with Crippen molar-refractivity contribution >= 4 is 64.0 Å². The van der Waals surface area contributed by atoms with Crippen LogP contribution in [0, 0.1) is 17.0 Å². The first-order chi connectivity index (χ1) is 15.1. The zero-order valence-corrected chi connectivity index (χ0v) is 17.6. The fraction of sp³-hybridized carbons (Fsp3) is 0.0526. The molecule has 1 aromatic heterocycles. The van der Waals surface area contributed by atoms with Crippen molar-refractivity contribution in [3.63, 3.8) is 0 Å². The number of hydrogen-bond donors (Lipinski definition) is 4. The highest BCUT2D eigenvalue weighted by atomic mass is 35.5. The van der Waals surface area contributed by atoms with Gasteiger partial charge in [-0.2, -0.15) is 4.98 Å². The second-order valence-corrected chi connectivity index (χ2v) is 7.15. The van der Waals surface area contributed by atoms with Gasteiger partial charge in [-0.25, -0.2) is 14.6 Å². The van der Waals surface area contributed by atoms with Gasteiger partial charge in [0.05, 0.1) is 26.1 Å². The summed E-state index contributed by atoms with van der Waals surface area (Å²) in [5.41, 5.74) is -0.300. The molecule has 0 bridgehead atoms. The number of aromatic carboxylic acids is 2. The molecule has 0 fully saturated rings. The molecule has 0 unspecified atom stereocenters. The molecule has 32 heavy (non-hydrogen) atoms. The van der Waals surface area contributed by atoms with Gasteiger partial charge in [-0.05, 0) is 43.3 Å². The molecule has 3 rings (SSSR count). The SMILES string of the molecule is Cc1nc(Nc2ccc(Cl)c(C(=O)O)c2)nc(Nc2ccc(Cl)c(C(=O)O)c2)c1[N+](=O)[O-]. The number of hydrogen-bond acceptors (Lipinski definition) is 8. The number of aryl methyl sites for hydroxylation is 1. The summed E-state index contributed by atoms with van der Waals surface area (Å²) in [5, 5.41) is 35.5. The first kappa shape index (κ1) is 22.7. The molecule has 4 N–H and O–H groups in total. The average Bonchev–Trinajstić information content (AvgIpc) is 2.70. The fourth-order valence-corrected chi connectivity index (χ4v) is 3.13. The lowest BCUT2D eigenvalue weighted by Gasteiger charge is -2.12. The Morgan fingerprint density at radius 1 is 0.938 bits per heavy atom. The Labute approximate surface area is 189 Å². The van der Waals surface area contributed by atoms with E-state index in [1.807, 2.05) is 0 Å². The maximum absolute atomic E-state index is 11.6. The van der Waals surface area contributed by atoms with Crippen LogP contribution >= 0.6 is 23.2 Å². The number of nitrogens with zero attached hydrogens (tertiary/aromatic N) is 3. The number of nitro groups is 1. The van der Waals surface area contributed by atoms with Gasteiger partial charge in [-0.1, -0.05) is 23.2 Å². The van der Waals surface area contributed by atoms with Gasteiger partial charge in [0.2, 0.25) is 11.8 Å². The molecule has 0 radical (unpaired) electrons. The van der Waals surface area contributed by atoms with Crippen molar-refractivity contribution in [1.82, 2.24) is 9.97 Å². The van der Waals surface area contributed by atoms with Crippen LogP contribution in [0.15, 0.2) is 36.4 Å². The number of carboxylic acid groups (broad SMARTS) is 2. The first-order valence-electron chi connectivity index (χ1n) is 8.69. The molecule has 11 nitrogen and oxygen atoms in total. The van der Waals surface area contributed by atoms with Crippen molar-refractivity contribution in [3.05, 3.63) is 73.4 Å². The highest BCUT2D eigenvalue weighted by molar-refractivity contribution is 6.34. The van der Waals surface area contributed by atoms with E-state index in [1.165, 1.54) is 43.3 Å². The molecule has 0 aliphatic rings. The van der Waals surface area contributed by atoms with Crippen molar-refractivity contribution in [1.29, 1.82) is 0 Å². The summed E-state index contributed by atoms with van der Waals surface area (Å²) in [6.45, 7) is 1.39. The lowest BCUT2D eigenvalue weighted by Crippen LogP contribution is -2.08. The predicted octanol–water partition coefficient (Wildman–Crippen LogP) is 4.88. The minimum atomic E-state index is -1.27. The molecular weight excluding hydrogens is 465 g/mol. The van der Waals surface area contributed by atoms with Gasteiger partial charge < -0.3 is 20.8 Å². The number of benzene rings is 2. The van der Waals surface area contributed by atoms with Crippen LogP contribution in [0.3, 0.4) is 0 Å². The molecule has 13 heteroatoms. The number of aromatic nitrogens is 2. The molecule has 2 aromatic carbocycles. The first-order valence-corrected chi connectivity index (χ1v) is 9.45. The predicted molar refractivity (Wildman–Crippen MR) is 117 cm³/mol. The fourth-order valence-electron chi connectivity index (χ4n) is 2.73. The van der Waals surface area contributed by atoms with Crippen molar-refractivity contribution in [2.24, 2.45) is 0 Å². The maximum atomic E-state index is 11.6. The maximum Gasteiger partial charge on any atom is 0.337 e. The zero-order chi connectivity index (χ0) is 23.6. The van der Waals surface area contributed by atoms with Gasteiger partial charge in [0, 0.05) is 11.4 Å². The topological polar surface area (TPSA) is 168 Å². The number of anilines is 4. The Morgan fingerprint density at radius 2 is 1.44 bits per heavy atom. The minimum Gasteiger partial charge on any atom is -0.478 e. The molecule has 0 aliphatic carbocycles. The Bertz CT molecular complexity index is 1270. The van der Waals surface area contributed by atoms with Gasteiger partial charge >= 0.3 is 17.6 Å². The van der Waals surface area contributed by atoms with Crippen molar-refractivity contribution in [2.75, 3.05) is 10.6 Å². The van der Waals surface area contributed by atoms with Crippen LogP contribution in [-0.4, -0.2) is 37.0 Å². The number of halogens is 2. The summed E-state index contributed by atoms with van der Waals surface area (Å²) in [7, 11) is 0. The van der Waals surface area contributed by atoms with Crippen LogP contribution in [0.1, 0.15) is 26.4 Å². The minimum absolute atomic E-state index is 0.00394. The van der Waals surface area contributed by atoms with Crippen molar-refractivity contribution in [3.8, 4) is 0 Å². The number of carbonyl (C=O) groups is 2. The van der Waals surface area contributed by atoms with Crippen molar-refractivity contribution < 1.29 is 24.7 Å². The smallest absolute Gasteiger partial charge is 0.337 e. The average molecular weight is 478 g/mol. The van der Waals surface area contributed by atoms with E-state index >= 15 is 0 Å². The van der Waals surface area contributed by atoms with E-state index < -0.39 is 22.5 Å². The summed E-state index contributed by atoms with van der Waals surface area (Å²) in [6, 6.07) is 8.08. The Morgan fingerprint density at radius 3 is 1.91 bits per heavy atom. The van der Waals surface area contributed by atoms with E-state index in [0.29, 0.717) is 0 Å². The Hall–Kier alpha value is -3.96. The van der Waals surface area contributed by atoms with Gasteiger partial charge in [0.1, 0.15) is 5.69 Å². The normalized spacial score (nSPS) is 10.5. The van der Waals surface area contributed by atoms with E-state index in [-0.39, 0.29) is 50.0 Å². The molecule has 0 saturated heterocycles.